The average Bonchev–Trinajstić information content (AvgIpc) is 3.33. The number of nitrogens with zero attached hydrogens (tertiary/aromatic N) is 5. The molecule has 134 valence electrons. The van der Waals surface area contributed by atoms with E-state index in [0.29, 0.717) is 12.0 Å². The molecule has 2 aromatic heterocycles. The predicted molar refractivity (Wildman–Crippen MR) is 101 cm³/mol. The third-order valence-electron chi connectivity index (χ3n) is 5.16. The van der Waals surface area contributed by atoms with Gasteiger partial charge >= 0.3 is 0 Å². The number of likely N-dealkylation sites (tertiary alicyclic amines) is 1. The Bertz CT molecular complexity index is 800. The summed E-state index contributed by atoms with van der Waals surface area (Å²) in [4.78, 5) is 10.7. The molecule has 2 atom stereocenters. The zero-order valence-corrected chi connectivity index (χ0v) is 15.0. The Morgan fingerprint density at radius 2 is 2.04 bits per heavy atom. The Kier molecular flexibility index (Phi) is 5.04. The number of aromatic nitrogens is 4. The van der Waals surface area contributed by atoms with Gasteiger partial charge in [0.05, 0.1) is 5.69 Å². The second kappa shape index (κ2) is 7.76. The van der Waals surface area contributed by atoms with E-state index in [1.807, 2.05) is 18.5 Å². The SMILES string of the molecule is CN1CC[C@@H](CNCc2ccc(-n3cncn3)cc2)[C@@H]1c1cccnc1. The van der Waals surface area contributed by atoms with E-state index >= 15 is 0 Å². The molecule has 0 amide bonds. The summed E-state index contributed by atoms with van der Waals surface area (Å²) >= 11 is 0. The summed E-state index contributed by atoms with van der Waals surface area (Å²) in [6, 6.07) is 13.1. The highest BCUT2D eigenvalue weighted by molar-refractivity contribution is 5.33. The Hall–Kier alpha value is -2.57. The van der Waals surface area contributed by atoms with Crippen molar-refractivity contribution in [1.82, 2.24) is 30.0 Å². The van der Waals surface area contributed by atoms with Gasteiger partial charge in [0.1, 0.15) is 12.7 Å². The van der Waals surface area contributed by atoms with E-state index in [1.165, 1.54) is 17.5 Å². The van der Waals surface area contributed by atoms with E-state index in [4.69, 9.17) is 0 Å². The van der Waals surface area contributed by atoms with E-state index in [9.17, 15) is 0 Å². The Labute approximate surface area is 153 Å². The number of rotatable bonds is 6. The van der Waals surface area contributed by atoms with Crippen LogP contribution in [0.2, 0.25) is 0 Å². The highest BCUT2D eigenvalue weighted by Crippen LogP contribution is 2.35. The van der Waals surface area contributed by atoms with Crippen LogP contribution in [0.4, 0.5) is 0 Å². The molecule has 4 rings (SSSR count). The molecule has 0 bridgehead atoms. The van der Waals surface area contributed by atoms with E-state index in [0.717, 1.165) is 25.3 Å². The van der Waals surface area contributed by atoms with Gasteiger partial charge < -0.3 is 5.32 Å². The van der Waals surface area contributed by atoms with E-state index in [1.54, 1.807) is 17.3 Å². The standard InChI is InChI=1S/C20H24N6/c1-25-10-8-18(20(25)17-3-2-9-21-12-17)13-22-11-16-4-6-19(7-5-16)26-15-23-14-24-26/h2-7,9,12,14-15,18,20,22H,8,10-11,13H2,1H3/t18-,20-/m0/s1. The number of hydrogen-bond donors (Lipinski definition) is 1. The number of hydrogen-bond acceptors (Lipinski definition) is 5. The summed E-state index contributed by atoms with van der Waals surface area (Å²) in [5.74, 6) is 0.610. The van der Waals surface area contributed by atoms with E-state index < -0.39 is 0 Å². The molecule has 3 heterocycles. The third-order valence-corrected chi connectivity index (χ3v) is 5.16. The molecule has 1 fully saturated rings. The Morgan fingerprint density at radius 3 is 2.77 bits per heavy atom. The van der Waals surface area contributed by atoms with Gasteiger partial charge in [0.2, 0.25) is 0 Å². The molecule has 1 aliphatic heterocycles. The molecule has 0 unspecified atom stereocenters. The second-order valence-corrected chi connectivity index (χ2v) is 6.90. The first-order valence-corrected chi connectivity index (χ1v) is 9.06. The maximum absolute atomic E-state index is 4.30. The van der Waals surface area contributed by atoms with Crippen molar-refractivity contribution >= 4 is 0 Å². The van der Waals surface area contributed by atoms with Crippen molar-refractivity contribution in [2.45, 2.75) is 19.0 Å². The first-order chi connectivity index (χ1) is 12.8. The third kappa shape index (κ3) is 3.66. The van der Waals surface area contributed by atoms with Crippen LogP contribution in [0.15, 0.2) is 61.4 Å². The first-order valence-electron chi connectivity index (χ1n) is 9.06. The smallest absolute Gasteiger partial charge is 0.138 e. The van der Waals surface area contributed by atoms with Crippen molar-refractivity contribution in [3.05, 3.63) is 72.6 Å². The van der Waals surface area contributed by atoms with Gasteiger partial charge in [-0.25, -0.2) is 9.67 Å². The molecule has 0 aliphatic carbocycles. The number of benzene rings is 1. The van der Waals surface area contributed by atoms with Crippen molar-refractivity contribution in [2.24, 2.45) is 5.92 Å². The van der Waals surface area contributed by atoms with Crippen LogP contribution in [0, 0.1) is 5.92 Å². The second-order valence-electron chi connectivity index (χ2n) is 6.90. The molecule has 1 aliphatic rings. The lowest BCUT2D eigenvalue weighted by atomic mass is 9.94. The highest BCUT2D eigenvalue weighted by Gasteiger charge is 2.32. The van der Waals surface area contributed by atoms with Crippen molar-refractivity contribution in [1.29, 1.82) is 0 Å². The van der Waals surface area contributed by atoms with Gasteiger partial charge in [-0.2, -0.15) is 5.10 Å². The zero-order chi connectivity index (χ0) is 17.8. The van der Waals surface area contributed by atoms with Crippen LogP contribution in [0.5, 0.6) is 0 Å². The van der Waals surface area contributed by atoms with Crippen molar-refractivity contribution in [2.75, 3.05) is 20.1 Å². The summed E-state index contributed by atoms with van der Waals surface area (Å²) < 4.78 is 1.77. The van der Waals surface area contributed by atoms with Crippen LogP contribution >= 0.6 is 0 Å². The lowest BCUT2D eigenvalue weighted by Gasteiger charge is -2.25. The van der Waals surface area contributed by atoms with Crippen LogP contribution in [0.3, 0.4) is 0 Å². The number of pyridine rings is 1. The van der Waals surface area contributed by atoms with E-state index in [2.05, 4.69) is 62.7 Å². The van der Waals surface area contributed by atoms with Crippen molar-refractivity contribution in [3.63, 3.8) is 0 Å². The van der Waals surface area contributed by atoms with E-state index in [-0.39, 0.29) is 0 Å². The minimum Gasteiger partial charge on any atom is -0.312 e. The van der Waals surface area contributed by atoms with Crippen LogP contribution in [-0.2, 0) is 6.54 Å². The predicted octanol–water partition coefficient (Wildman–Crippen LogP) is 2.44. The minimum absolute atomic E-state index is 0.450. The van der Waals surface area contributed by atoms with Crippen molar-refractivity contribution < 1.29 is 0 Å². The molecule has 1 saturated heterocycles. The topological polar surface area (TPSA) is 58.9 Å². The molecule has 3 aromatic rings. The first kappa shape index (κ1) is 16.9. The Balaban J connectivity index is 1.34. The summed E-state index contributed by atoms with van der Waals surface area (Å²) in [5.41, 5.74) is 3.62. The normalized spacial score (nSPS) is 20.5. The average molecular weight is 348 g/mol. The highest BCUT2D eigenvalue weighted by atomic mass is 15.3. The Morgan fingerprint density at radius 1 is 1.15 bits per heavy atom. The molecular weight excluding hydrogens is 324 g/mol. The van der Waals surface area contributed by atoms with Gasteiger partial charge in [0.25, 0.3) is 0 Å². The summed E-state index contributed by atoms with van der Waals surface area (Å²) in [6.07, 6.45) is 8.32. The van der Waals surface area contributed by atoms with Crippen LogP contribution in [-0.4, -0.2) is 44.8 Å². The summed E-state index contributed by atoms with van der Waals surface area (Å²) in [5, 5.41) is 7.79. The lowest BCUT2D eigenvalue weighted by molar-refractivity contribution is 0.271. The maximum atomic E-state index is 4.30. The zero-order valence-electron chi connectivity index (χ0n) is 15.0. The molecule has 1 aromatic carbocycles. The molecule has 0 saturated carbocycles. The molecule has 1 N–H and O–H groups in total. The maximum Gasteiger partial charge on any atom is 0.138 e. The molecule has 26 heavy (non-hydrogen) atoms. The monoisotopic (exact) mass is 348 g/mol. The summed E-state index contributed by atoms with van der Waals surface area (Å²) in [7, 11) is 2.21. The fourth-order valence-electron chi connectivity index (χ4n) is 3.83. The van der Waals surface area contributed by atoms with Gasteiger partial charge in [0, 0.05) is 31.5 Å². The largest absolute Gasteiger partial charge is 0.312 e. The minimum atomic E-state index is 0.450. The van der Waals surface area contributed by atoms with Crippen molar-refractivity contribution in [3.8, 4) is 5.69 Å². The van der Waals surface area contributed by atoms with Gasteiger partial charge in [0.15, 0.2) is 0 Å². The fraction of sp³-hybridized carbons (Fsp3) is 0.350. The van der Waals surface area contributed by atoms with Crippen LogP contribution in [0.25, 0.3) is 5.69 Å². The van der Waals surface area contributed by atoms with Gasteiger partial charge in [-0.15, -0.1) is 0 Å². The van der Waals surface area contributed by atoms with Crippen LogP contribution < -0.4 is 5.32 Å². The molecule has 0 radical (unpaired) electrons. The lowest BCUT2D eigenvalue weighted by Crippen LogP contribution is -2.28. The fourth-order valence-corrected chi connectivity index (χ4v) is 3.83. The van der Waals surface area contributed by atoms with Gasteiger partial charge in [-0.05, 0) is 55.3 Å². The molecule has 6 heteroatoms. The van der Waals surface area contributed by atoms with Crippen LogP contribution in [0.1, 0.15) is 23.6 Å². The molecule has 6 nitrogen and oxygen atoms in total. The number of nitrogens with one attached hydrogen (secondary N) is 1. The van der Waals surface area contributed by atoms with Gasteiger partial charge in [-0.3, -0.25) is 9.88 Å². The summed E-state index contributed by atoms with van der Waals surface area (Å²) in [6.45, 7) is 3.02. The molecule has 0 spiro atoms. The van der Waals surface area contributed by atoms with Gasteiger partial charge in [-0.1, -0.05) is 18.2 Å². The molecular formula is C20H24N6. The quantitative estimate of drug-likeness (QED) is 0.741.